The van der Waals surface area contributed by atoms with Gasteiger partial charge < -0.3 is 15.0 Å². The first-order valence-corrected chi connectivity index (χ1v) is 9.39. The van der Waals surface area contributed by atoms with E-state index in [2.05, 4.69) is 28.5 Å². The molecule has 7 heteroatoms. The molecule has 1 aromatic heterocycles. The molecule has 0 aliphatic carbocycles. The Labute approximate surface area is 158 Å². The molecule has 1 aliphatic heterocycles. The number of carbonyl (C=O) groups excluding carboxylic acids is 1. The molecule has 140 valence electrons. The van der Waals surface area contributed by atoms with E-state index >= 15 is 0 Å². The summed E-state index contributed by atoms with van der Waals surface area (Å²) in [5.74, 6) is 1.05. The highest BCUT2D eigenvalue weighted by molar-refractivity contribution is 7.10. The zero-order valence-electron chi connectivity index (χ0n) is 15.6. The van der Waals surface area contributed by atoms with Crippen molar-refractivity contribution in [1.29, 1.82) is 5.41 Å². The molecule has 0 fully saturated rings. The fourth-order valence-electron chi connectivity index (χ4n) is 2.19. The summed E-state index contributed by atoms with van der Waals surface area (Å²) in [6, 6.07) is 1.91. The Bertz CT molecular complexity index is 741. The maximum atomic E-state index is 11.8. The molecule has 1 aromatic rings. The van der Waals surface area contributed by atoms with Crippen molar-refractivity contribution < 1.29 is 9.53 Å². The second-order valence-electron chi connectivity index (χ2n) is 6.78. The van der Waals surface area contributed by atoms with E-state index in [1.54, 1.807) is 32.1 Å². The smallest absolute Gasteiger partial charge is 0.413 e. The Balaban J connectivity index is 1.96. The van der Waals surface area contributed by atoms with E-state index in [4.69, 9.17) is 10.1 Å². The number of rotatable bonds is 5. The van der Waals surface area contributed by atoms with Gasteiger partial charge in [-0.1, -0.05) is 19.1 Å². The minimum atomic E-state index is -0.616. The van der Waals surface area contributed by atoms with Gasteiger partial charge in [-0.2, -0.15) is 0 Å². The number of amidine groups is 1. The van der Waals surface area contributed by atoms with Crippen LogP contribution in [0.4, 0.5) is 4.79 Å². The van der Waals surface area contributed by atoms with Crippen molar-refractivity contribution in [3.63, 3.8) is 0 Å². The number of nitrogens with zero attached hydrogens (tertiary/aromatic N) is 1. The van der Waals surface area contributed by atoms with Crippen LogP contribution < -0.4 is 10.6 Å². The molecule has 26 heavy (non-hydrogen) atoms. The summed E-state index contributed by atoms with van der Waals surface area (Å²) in [5, 5.41) is 15.6. The Morgan fingerprint density at radius 1 is 1.46 bits per heavy atom. The van der Waals surface area contributed by atoms with Gasteiger partial charge in [0.2, 0.25) is 0 Å². The number of hydrogen-bond donors (Lipinski definition) is 3. The first-order valence-electron chi connectivity index (χ1n) is 8.51. The number of hydrogen-bond acceptors (Lipinski definition) is 6. The van der Waals surface area contributed by atoms with Crippen LogP contribution in [0.2, 0.25) is 0 Å². The predicted octanol–water partition coefficient (Wildman–Crippen LogP) is 4.28. The van der Waals surface area contributed by atoms with Crippen LogP contribution in [0, 0.1) is 5.41 Å². The van der Waals surface area contributed by atoms with Gasteiger partial charge in [-0.3, -0.25) is 10.7 Å². The lowest BCUT2D eigenvalue weighted by Crippen LogP contribution is -2.36. The number of carbonyl (C=O) groups is 1. The third-order valence-corrected chi connectivity index (χ3v) is 4.24. The number of thiophene rings is 1. The van der Waals surface area contributed by atoms with Gasteiger partial charge in [0.1, 0.15) is 17.3 Å². The van der Waals surface area contributed by atoms with E-state index in [-0.39, 0.29) is 5.84 Å². The monoisotopic (exact) mass is 374 g/mol. The van der Waals surface area contributed by atoms with Gasteiger partial charge in [0, 0.05) is 28.2 Å². The number of nitrogens with one attached hydrogen (secondary N) is 3. The number of amides is 1. The van der Waals surface area contributed by atoms with Crippen LogP contribution in [0.25, 0.3) is 0 Å². The molecule has 2 rings (SSSR count). The van der Waals surface area contributed by atoms with E-state index < -0.39 is 11.7 Å². The van der Waals surface area contributed by atoms with Gasteiger partial charge in [0.25, 0.3) is 0 Å². The summed E-state index contributed by atoms with van der Waals surface area (Å²) >= 11 is 1.55. The maximum Gasteiger partial charge on any atom is 0.413 e. The highest BCUT2D eigenvalue weighted by atomic mass is 32.1. The molecule has 0 spiro atoms. The highest BCUT2D eigenvalue weighted by Crippen LogP contribution is 2.21. The Morgan fingerprint density at radius 2 is 2.23 bits per heavy atom. The van der Waals surface area contributed by atoms with Crippen molar-refractivity contribution in [1.82, 2.24) is 15.5 Å². The lowest BCUT2D eigenvalue weighted by molar-refractivity contribution is 0.0563. The van der Waals surface area contributed by atoms with Crippen LogP contribution in [0.15, 0.2) is 47.9 Å². The van der Waals surface area contributed by atoms with Crippen LogP contribution >= 0.6 is 11.3 Å². The molecule has 6 nitrogen and oxygen atoms in total. The maximum absolute atomic E-state index is 11.8. The Kier molecular flexibility index (Phi) is 6.63. The van der Waals surface area contributed by atoms with Crippen molar-refractivity contribution >= 4 is 23.3 Å². The molecule has 2 heterocycles. The van der Waals surface area contributed by atoms with E-state index in [0.717, 1.165) is 17.1 Å². The fourth-order valence-corrected chi connectivity index (χ4v) is 3.07. The Morgan fingerprint density at radius 3 is 2.92 bits per heavy atom. The summed E-state index contributed by atoms with van der Waals surface area (Å²) in [7, 11) is 0. The second kappa shape index (κ2) is 8.71. The second-order valence-corrected chi connectivity index (χ2v) is 7.78. The molecule has 0 unspecified atom stereocenters. The summed E-state index contributed by atoms with van der Waals surface area (Å²) in [4.78, 5) is 15.0. The number of ether oxygens (including phenoxy) is 1. The van der Waals surface area contributed by atoms with Crippen molar-refractivity contribution in [2.45, 2.75) is 46.3 Å². The fraction of sp³-hybridized carbons (Fsp3) is 0.368. The molecular weight excluding hydrogens is 348 g/mol. The molecule has 0 saturated carbocycles. The molecule has 0 bridgehead atoms. The summed E-state index contributed by atoms with van der Waals surface area (Å²) in [5.41, 5.74) is 0.0807. The molecule has 0 radical (unpaired) electrons. The number of allylic oxidation sites excluding steroid dienone is 3. The minimum absolute atomic E-state index is 0.0403. The topological polar surface area (TPSA) is 77.5 Å². The molecule has 0 aromatic carbocycles. The first kappa shape index (κ1) is 19.8. The van der Waals surface area contributed by atoms with Gasteiger partial charge in [0.15, 0.2) is 0 Å². The molecule has 0 atom stereocenters. The van der Waals surface area contributed by atoms with Gasteiger partial charge in [-0.25, -0.2) is 4.79 Å². The molecular formula is C19H26N4O2S. The van der Waals surface area contributed by atoms with E-state index in [9.17, 15) is 4.79 Å². The predicted molar refractivity (Wildman–Crippen MR) is 106 cm³/mol. The summed E-state index contributed by atoms with van der Waals surface area (Å²) < 4.78 is 5.18. The first-order chi connectivity index (χ1) is 12.3. The largest absolute Gasteiger partial charge is 0.444 e. The molecule has 3 N–H and O–H groups in total. The molecule has 1 aliphatic rings. The van der Waals surface area contributed by atoms with Crippen LogP contribution in [-0.2, 0) is 11.3 Å². The van der Waals surface area contributed by atoms with Crippen molar-refractivity contribution in [3.05, 3.63) is 58.3 Å². The minimum Gasteiger partial charge on any atom is -0.444 e. The SMILES string of the molecule is CC/C=C/C=C1\NC=CN1Cc1cc(C(=N)NC(=O)OC(C)(C)C)cs1. The van der Waals surface area contributed by atoms with Crippen LogP contribution in [0.5, 0.6) is 0 Å². The van der Waals surface area contributed by atoms with Gasteiger partial charge in [-0.05, 0) is 39.3 Å². The average Bonchev–Trinajstić information content (AvgIpc) is 3.16. The third-order valence-electron chi connectivity index (χ3n) is 3.32. The molecule has 0 saturated heterocycles. The van der Waals surface area contributed by atoms with E-state index in [1.807, 2.05) is 36.0 Å². The van der Waals surface area contributed by atoms with Crippen LogP contribution in [-0.4, -0.2) is 22.4 Å². The van der Waals surface area contributed by atoms with Gasteiger partial charge in [0.05, 0.1) is 6.54 Å². The number of alkyl carbamates (subject to hydrolysis) is 1. The van der Waals surface area contributed by atoms with Crippen molar-refractivity contribution in [2.75, 3.05) is 0 Å². The quantitative estimate of drug-likeness (QED) is 0.531. The zero-order valence-corrected chi connectivity index (χ0v) is 16.4. The Hall–Kier alpha value is -2.54. The summed E-state index contributed by atoms with van der Waals surface area (Å²) in [6.45, 7) is 8.16. The lowest BCUT2D eigenvalue weighted by Gasteiger charge is -2.19. The van der Waals surface area contributed by atoms with Gasteiger partial charge >= 0.3 is 6.09 Å². The zero-order chi connectivity index (χ0) is 19.2. The lowest BCUT2D eigenvalue weighted by atomic mass is 10.2. The third kappa shape index (κ3) is 6.07. The van der Waals surface area contributed by atoms with Crippen molar-refractivity contribution in [2.24, 2.45) is 0 Å². The molecule has 1 amide bonds. The standard InChI is InChI=1S/C19H26N4O2S/c1-5-6-7-8-16-21-9-10-23(16)12-15-11-14(13-26-15)17(20)22-18(24)25-19(2,3)4/h6-11,13,21H,5,12H2,1-4H3,(H2,20,22,24)/b7-6+,16-8+. The normalized spacial score (nSPS) is 15.5. The van der Waals surface area contributed by atoms with E-state index in [1.165, 1.54) is 0 Å². The summed E-state index contributed by atoms with van der Waals surface area (Å²) in [6.07, 6.45) is 10.4. The average molecular weight is 375 g/mol. The van der Waals surface area contributed by atoms with Crippen LogP contribution in [0.1, 0.15) is 44.6 Å². The van der Waals surface area contributed by atoms with Crippen LogP contribution in [0.3, 0.4) is 0 Å². The highest BCUT2D eigenvalue weighted by Gasteiger charge is 2.18. The van der Waals surface area contributed by atoms with Gasteiger partial charge in [-0.15, -0.1) is 11.3 Å². The van der Waals surface area contributed by atoms with Crippen molar-refractivity contribution in [3.8, 4) is 0 Å². The van der Waals surface area contributed by atoms with E-state index in [0.29, 0.717) is 12.1 Å².